The van der Waals surface area contributed by atoms with Crippen molar-refractivity contribution >= 4 is 28.4 Å². The predicted octanol–water partition coefficient (Wildman–Crippen LogP) is 0.897. The lowest BCUT2D eigenvalue weighted by Crippen LogP contribution is -2.50. The van der Waals surface area contributed by atoms with E-state index in [1.54, 1.807) is 33.2 Å². The highest BCUT2D eigenvalue weighted by molar-refractivity contribution is 7.80. The molecule has 2 atom stereocenters. The number of hydroxylamine groups is 3. The molecule has 2 fully saturated rings. The van der Waals surface area contributed by atoms with Gasteiger partial charge in [-0.1, -0.05) is 6.07 Å². The van der Waals surface area contributed by atoms with E-state index in [2.05, 4.69) is 14.7 Å². The second kappa shape index (κ2) is 11.4. The van der Waals surface area contributed by atoms with Gasteiger partial charge in [0, 0.05) is 24.5 Å². The Morgan fingerprint density at radius 2 is 1.88 bits per heavy atom. The summed E-state index contributed by atoms with van der Waals surface area (Å²) in [6, 6.07) is 3.35. The van der Waals surface area contributed by atoms with Crippen LogP contribution in [0.2, 0.25) is 0 Å². The van der Waals surface area contributed by atoms with E-state index < -0.39 is 46.1 Å². The van der Waals surface area contributed by atoms with Gasteiger partial charge in [0.15, 0.2) is 0 Å². The number of nitrogens with one attached hydrogen (secondary N) is 1. The molecule has 4 amide bonds. The van der Waals surface area contributed by atoms with Gasteiger partial charge in [0.1, 0.15) is 6.04 Å². The lowest BCUT2D eigenvalue weighted by molar-refractivity contribution is -0.139. The molecule has 0 spiro atoms. The van der Waals surface area contributed by atoms with Gasteiger partial charge in [-0.3, -0.25) is 19.2 Å². The quantitative estimate of drug-likeness (QED) is 0.275. The Labute approximate surface area is 197 Å². The zero-order valence-electron chi connectivity index (χ0n) is 19.0. The molecule has 3 rings (SSSR count). The van der Waals surface area contributed by atoms with Crippen LogP contribution in [0.4, 0.5) is 9.59 Å². The highest BCUT2D eigenvalue weighted by Crippen LogP contribution is 2.30. The summed E-state index contributed by atoms with van der Waals surface area (Å²) < 4.78 is 34.8. The van der Waals surface area contributed by atoms with Gasteiger partial charge >= 0.3 is 22.5 Å². The Kier molecular flexibility index (Phi) is 9.14. The summed E-state index contributed by atoms with van der Waals surface area (Å²) in [5, 5.41) is 9.73. The van der Waals surface area contributed by atoms with Gasteiger partial charge < -0.3 is 14.9 Å². The van der Waals surface area contributed by atoms with Crippen LogP contribution in [0.3, 0.4) is 0 Å². The van der Waals surface area contributed by atoms with Crippen LogP contribution in [0.25, 0.3) is 0 Å². The fraction of sp³-hybridized carbons (Fsp3) is 0.579. The first-order valence-electron chi connectivity index (χ1n) is 10.4. The average Bonchev–Trinajstić information content (AvgIpc) is 2.97. The molecular formula is C19H29N5O9S. The monoisotopic (exact) mass is 503 g/mol. The number of nitrogens with zero attached hydrogens (tertiary/aromatic N) is 4. The van der Waals surface area contributed by atoms with E-state index >= 15 is 0 Å². The topological polar surface area (TPSA) is 179 Å². The van der Waals surface area contributed by atoms with Gasteiger partial charge in [-0.25, -0.2) is 15.1 Å². The fourth-order valence-electron chi connectivity index (χ4n) is 3.46. The standard InChI is InChI=1S/C14H24N4O9S.C5H5N/c1-14(2,3)17(13(21)22)6-7-26-15-11(19)10-5-4-9-8-16(10)12(20)18(9)27-28(23,24)25;1-2-4-6-5-3-1/h9-10H,4-8H2,1-3H3,(H,15,19)(H,21,22)(H,23,24,25);1-5H/t9-,10+;/m1./s1. The number of amides is 4. The third kappa shape index (κ3) is 7.79. The molecule has 34 heavy (non-hydrogen) atoms. The molecule has 2 saturated heterocycles. The Hall–Kier alpha value is -3.01. The molecule has 1 aromatic rings. The molecule has 15 heteroatoms. The Morgan fingerprint density at radius 1 is 1.24 bits per heavy atom. The number of aromatic nitrogens is 1. The molecule has 2 aliphatic rings. The van der Waals surface area contributed by atoms with Gasteiger partial charge in [-0.2, -0.15) is 13.5 Å². The number of rotatable bonds is 7. The predicted molar refractivity (Wildman–Crippen MR) is 116 cm³/mol. The van der Waals surface area contributed by atoms with Crippen molar-refractivity contribution in [2.75, 3.05) is 19.7 Å². The first kappa shape index (κ1) is 27.2. The molecule has 0 radical (unpaired) electrons. The van der Waals surface area contributed by atoms with E-state index in [9.17, 15) is 27.9 Å². The fourth-order valence-corrected chi connectivity index (χ4v) is 3.85. The van der Waals surface area contributed by atoms with Crippen molar-refractivity contribution in [3.63, 3.8) is 0 Å². The molecular weight excluding hydrogens is 474 g/mol. The number of pyridine rings is 1. The number of carboxylic acid groups (broad SMARTS) is 1. The number of hydrogen-bond donors (Lipinski definition) is 3. The van der Waals surface area contributed by atoms with Gasteiger partial charge in [-0.05, 0) is 45.7 Å². The molecule has 2 aliphatic heterocycles. The minimum Gasteiger partial charge on any atom is -0.465 e. The summed E-state index contributed by atoms with van der Waals surface area (Å²) in [4.78, 5) is 46.9. The normalized spacial score (nSPS) is 19.8. The number of piperidine rings is 1. The number of fused-ring (bicyclic) bond motifs is 2. The van der Waals surface area contributed by atoms with Gasteiger partial charge in [0.25, 0.3) is 5.91 Å². The number of carbonyl (C=O) groups is 3. The summed E-state index contributed by atoms with van der Waals surface area (Å²) in [6.45, 7) is 5.14. The first-order valence-corrected chi connectivity index (χ1v) is 11.7. The average molecular weight is 504 g/mol. The van der Waals surface area contributed by atoms with Crippen LogP contribution in [0, 0.1) is 0 Å². The Balaban J connectivity index is 0.000000589. The molecule has 2 bridgehead atoms. The molecule has 14 nitrogen and oxygen atoms in total. The van der Waals surface area contributed by atoms with Crippen molar-refractivity contribution in [1.29, 1.82) is 0 Å². The highest BCUT2D eigenvalue weighted by Gasteiger charge is 2.49. The van der Waals surface area contributed by atoms with E-state index in [1.165, 1.54) is 0 Å². The van der Waals surface area contributed by atoms with Crippen LogP contribution in [0.1, 0.15) is 33.6 Å². The van der Waals surface area contributed by atoms with Crippen LogP contribution in [-0.4, -0.2) is 93.3 Å². The van der Waals surface area contributed by atoms with E-state index in [1.807, 2.05) is 18.2 Å². The minimum absolute atomic E-state index is 0.0183. The van der Waals surface area contributed by atoms with Gasteiger partial charge in [0.2, 0.25) is 0 Å². The molecule has 1 aromatic heterocycles. The lowest BCUT2D eigenvalue weighted by atomic mass is 10.0. The van der Waals surface area contributed by atoms with Crippen molar-refractivity contribution in [3.05, 3.63) is 30.6 Å². The van der Waals surface area contributed by atoms with Crippen LogP contribution < -0.4 is 5.48 Å². The van der Waals surface area contributed by atoms with Crippen molar-refractivity contribution < 1.29 is 41.6 Å². The molecule has 0 aromatic carbocycles. The van der Waals surface area contributed by atoms with E-state index in [0.29, 0.717) is 5.06 Å². The summed E-state index contributed by atoms with van der Waals surface area (Å²) >= 11 is 0. The SMILES string of the molecule is CC(C)(C)N(CCONC(=O)[C@@H]1CC[C@@H]2CN1C(=O)N2OS(=O)(=O)O)C(=O)O.c1ccncc1. The van der Waals surface area contributed by atoms with E-state index in [-0.39, 0.29) is 32.5 Å². The van der Waals surface area contributed by atoms with Crippen molar-refractivity contribution in [1.82, 2.24) is 25.3 Å². The Morgan fingerprint density at radius 3 is 2.35 bits per heavy atom. The lowest BCUT2D eigenvalue weighted by Gasteiger charge is -2.33. The molecule has 3 heterocycles. The molecule has 190 valence electrons. The van der Waals surface area contributed by atoms with Crippen molar-refractivity contribution in [3.8, 4) is 0 Å². The number of hydrogen-bond acceptors (Lipinski definition) is 8. The Bertz CT molecular complexity index is 928. The third-order valence-electron chi connectivity index (χ3n) is 5.00. The van der Waals surface area contributed by atoms with Crippen LogP contribution >= 0.6 is 0 Å². The van der Waals surface area contributed by atoms with E-state index in [4.69, 9.17) is 9.39 Å². The maximum atomic E-state index is 12.3. The minimum atomic E-state index is -4.86. The van der Waals surface area contributed by atoms with E-state index in [0.717, 1.165) is 9.80 Å². The van der Waals surface area contributed by atoms with Crippen LogP contribution in [0.5, 0.6) is 0 Å². The van der Waals surface area contributed by atoms with Gasteiger partial charge in [-0.15, -0.1) is 4.28 Å². The smallest absolute Gasteiger partial charge is 0.418 e. The third-order valence-corrected chi connectivity index (χ3v) is 5.35. The zero-order valence-corrected chi connectivity index (χ0v) is 19.8. The molecule has 0 saturated carbocycles. The highest BCUT2D eigenvalue weighted by atomic mass is 32.3. The summed E-state index contributed by atoms with van der Waals surface area (Å²) in [5.74, 6) is -0.627. The maximum absolute atomic E-state index is 12.3. The van der Waals surface area contributed by atoms with Crippen LogP contribution in [-0.2, 0) is 24.3 Å². The number of urea groups is 1. The molecule has 3 N–H and O–H groups in total. The second-order valence-electron chi connectivity index (χ2n) is 8.45. The van der Waals surface area contributed by atoms with Gasteiger partial charge in [0.05, 0.1) is 19.2 Å². The van der Waals surface area contributed by atoms with Crippen molar-refractivity contribution in [2.24, 2.45) is 0 Å². The second-order valence-corrected chi connectivity index (χ2v) is 9.46. The summed E-state index contributed by atoms with van der Waals surface area (Å²) in [6.07, 6.45) is 2.90. The molecule has 0 unspecified atom stereocenters. The number of carbonyl (C=O) groups excluding carboxylic acids is 2. The largest absolute Gasteiger partial charge is 0.465 e. The summed E-state index contributed by atoms with van der Waals surface area (Å²) in [5.41, 5.74) is 1.54. The van der Waals surface area contributed by atoms with Crippen molar-refractivity contribution in [2.45, 2.75) is 51.2 Å². The van der Waals surface area contributed by atoms with Crippen LogP contribution in [0.15, 0.2) is 30.6 Å². The zero-order chi connectivity index (χ0) is 25.5. The summed E-state index contributed by atoms with van der Waals surface area (Å²) in [7, 11) is -4.86. The maximum Gasteiger partial charge on any atom is 0.418 e. The first-order chi connectivity index (χ1) is 15.8. The molecule has 0 aliphatic carbocycles.